The van der Waals surface area contributed by atoms with Crippen LogP contribution in [0.5, 0.6) is 0 Å². The molecular weight excluding hydrogens is 380 g/mol. The summed E-state index contributed by atoms with van der Waals surface area (Å²) < 4.78 is 11.6. The zero-order valence-corrected chi connectivity index (χ0v) is 18.0. The summed E-state index contributed by atoms with van der Waals surface area (Å²) in [5.41, 5.74) is 1.24. The van der Waals surface area contributed by atoms with Crippen molar-refractivity contribution >= 4 is 11.9 Å². The molecule has 0 spiro atoms. The fraction of sp³-hybridized carbons (Fsp3) is 0.652. The summed E-state index contributed by atoms with van der Waals surface area (Å²) in [6, 6.07) is 10.5. The second kappa shape index (κ2) is 10.3. The Balaban J connectivity index is 1.34. The van der Waals surface area contributed by atoms with Crippen molar-refractivity contribution in [1.82, 2.24) is 15.1 Å². The van der Waals surface area contributed by atoms with E-state index in [4.69, 9.17) is 14.5 Å². The maximum Gasteiger partial charge on any atom is 0.251 e. The molecule has 3 aliphatic heterocycles. The van der Waals surface area contributed by atoms with Crippen molar-refractivity contribution in [1.29, 1.82) is 0 Å². The van der Waals surface area contributed by atoms with Gasteiger partial charge in [-0.05, 0) is 31.7 Å². The summed E-state index contributed by atoms with van der Waals surface area (Å²) in [4.78, 5) is 21.8. The number of benzene rings is 1. The highest BCUT2D eigenvalue weighted by molar-refractivity contribution is 5.82. The first kappa shape index (κ1) is 21.1. The summed E-state index contributed by atoms with van der Waals surface area (Å²) >= 11 is 0. The van der Waals surface area contributed by atoms with Crippen LogP contribution in [0.25, 0.3) is 0 Å². The van der Waals surface area contributed by atoms with E-state index >= 15 is 0 Å². The quantitative estimate of drug-likeness (QED) is 0.590. The molecule has 3 fully saturated rings. The lowest BCUT2D eigenvalue weighted by Gasteiger charge is -2.37. The van der Waals surface area contributed by atoms with Crippen LogP contribution in [-0.4, -0.2) is 80.3 Å². The average molecular weight is 415 g/mol. The molecule has 3 aliphatic rings. The number of aliphatic imine (C=N–C) groups is 1. The highest BCUT2D eigenvalue weighted by atomic mass is 16.5. The lowest BCUT2D eigenvalue weighted by Crippen LogP contribution is -2.55. The molecule has 3 saturated heterocycles. The molecular formula is C23H34N4O3. The third-order valence-electron chi connectivity index (χ3n) is 6.25. The molecule has 7 heteroatoms. The average Bonchev–Trinajstić information content (AvgIpc) is 3.49. The van der Waals surface area contributed by atoms with Gasteiger partial charge in [0.05, 0.1) is 6.10 Å². The Kier molecular flexibility index (Phi) is 7.23. The molecule has 4 rings (SSSR count). The van der Waals surface area contributed by atoms with Gasteiger partial charge in [0.2, 0.25) is 0 Å². The van der Waals surface area contributed by atoms with Crippen LogP contribution in [0.3, 0.4) is 0 Å². The van der Waals surface area contributed by atoms with Gasteiger partial charge in [-0.25, -0.2) is 0 Å². The molecule has 7 nitrogen and oxygen atoms in total. The normalized spacial score (nSPS) is 27.5. The topological polar surface area (TPSA) is 66.4 Å². The number of guanidine groups is 1. The zero-order chi connectivity index (χ0) is 20.8. The Morgan fingerprint density at radius 3 is 2.53 bits per heavy atom. The second-order valence-corrected chi connectivity index (χ2v) is 8.26. The molecule has 1 aromatic rings. The van der Waals surface area contributed by atoms with Gasteiger partial charge in [0.1, 0.15) is 6.10 Å². The van der Waals surface area contributed by atoms with Crippen molar-refractivity contribution in [3.05, 3.63) is 35.9 Å². The van der Waals surface area contributed by atoms with Gasteiger partial charge in [-0.15, -0.1) is 0 Å². The summed E-state index contributed by atoms with van der Waals surface area (Å²) in [5, 5.41) is 3.44. The first-order valence-electron chi connectivity index (χ1n) is 11.4. The van der Waals surface area contributed by atoms with Gasteiger partial charge in [0.25, 0.3) is 5.91 Å². The Labute approximate surface area is 179 Å². The lowest BCUT2D eigenvalue weighted by atomic mass is 9.95. The first-order chi connectivity index (χ1) is 14.8. The highest BCUT2D eigenvalue weighted by Crippen LogP contribution is 2.34. The molecule has 0 radical (unpaired) electrons. The van der Waals surface area contributed by atoms with E-state index in [-0.39, 0.29) is 18.1 Å². The van der Waals surface area contributed by atoms with E-state index in [0.29, 0.717) is 12.5 Å². The SMILES string of the molecule is CCNC(=NCC1CCOC1c1ccccc1)N1CCN(C(=O)C2CCCO2)CC1. The van der Waals surface area contributed by atoms with E-state index in [9.17, 15) is 4.79 Å². The van der Waals surface area contributed by atoms with Gasteiger partial charge >= 0.3 is 0 Å². The number of hydrogen-bond acceptors (Lipinski definition) is 4. The predicted molar refractivity (Wildman–Crippen MR) is 116 cm³/mol. The Morgan fingerprint density at radius 2 is 1.83 bits per heavy atom. The minimum absolute atomic E-state index is 0.124. The van der Waals surface area contributed by atoms with Crippen molar-refractivity contribution in [2.24, 2.45) is 10.9 Å². The van der Waals surface area contributed by atoms with Crippen LogP contribution in [-0.2, 0) is 14.3 Å². The number of amides is 1. The van der Waals surface area contributed by atoms with E-state index in [1.54, 1.807) is 0 Å². The third kappa shape index (κ3) is 4.95. The largest absolute Gasteiger partial charge is 0.373 e. The summed E-state index contributed by atoms with van der Waals surface area (Å²) in [6.45, 7) is 8.22. The van der Waals surface area contributed by atoms with E-state index in [0.717, 1.165) is 71.1 Å². The Morgan fingerprint density at radius 1 is 1.07 bits per heavy atom. The van der Waals surface area contributed by atoms with Crippen molar-refractivity contribution in [3.63, 3.8) is 0 Å². The van der Waals surface area contributed by atoms with Gasteiger partial charge in [-0.2, -0.15) is 0 Å². The molecule has 3 unspecified atom stereocenters. The fourth-order valence-corrected chi connectivity index (χ4v) is 4.58. The number of rotatable bonds is 5. The number of nitrogens with one attached hydrogen (secondary N) is 1. The van der Waals surface area contributed by atoms with E-state index in [1.807, 2.05) is 11.0 Å². The molecule has 30 heavy (non-hydrogen) atoms. The molecule has 164 valence electrons. The van der Waals surface area contributed by atoms with Crippen molar-refractivity contribution in [2.75, 3.05) is 52.5 Å². The maximum atomic E-state index is 12.6. The number of nitrogens with zero attached hydrogens (tertiary/aromatic N) is 3. The van der Waals surface area contributed by atoms with Gasteiger partial charge < -0.3 is 24.6 Å². The molecule has 3 atom stereocenters. The maximum absolute atomic E-state index is 12.6. The molecule has 3 heterocycles. The number of ether oxygens (including phenoxy) is 2. The van der Waals surface area contributed by atoms with Gasteiger partial charge in [0.15, 0.2) is 5.96 Å². The van der Waals surface area contributed by atoms with E-state index in [2.05, 4.69) is 41.4 Å². The van der Waals surface area contributed by atoms with Crippen LogP contribution in [0, 0.1) is 5.92 Å². The summed E-state index contributed by atoms with van der Waals surface area (Å²) in [6.07, 6.45) is 2.78. The Bertz CT molecular complexity index is 712. The number of hydrogen-bond donors (Lipinski definition) is 1. The molecule has 1 N–H and O–H groups in total. The number of carbonyl (C=O) groups excluding carboxylic acids is 1. The van der Waals surface area contributed by atoms with Crippen LogP contribution < -0.4 is 5.32 Å². The fourth-order valence-electron chi connectivity index (χ4n) is 4.58. The van der Waals surface area contributed by atoms with E-state index < -0.39 is 0 Å². The molecule has 0 aromatic heterocycles. The minimum Gasteiger partial charge on any atom is -0.373 e. The molecule has 1 aromatic carbocycles. The summed E-state index contributed by atoms with van der Waals surface area (Å²) in [7, 11) is 0. The lowest BCUT2D eigenvalue weighted by molar-refractivity contribution is -0.142. The van der Waals surface area contributed by atoms with Crippen molar-refractivity contribution in [2.45, 2.75) is 38.4 Å². The number of carbonyl (C=O) groups is 1. The molecule has 0 bridgehead atoms. The third-order valence-corrected chi connectivity index (χ3v) is 6.25. The molecule has 0 aliphatic carbocycles. The molecule has 0 saturated carbocycles. The second-order valence-electron chi connectivity index (χ2n) is 8.26. The van der Waals surface area contributed by atoms with Crippen molar-refractivity contribution < 1.29 is 14.3 Å². The number of piperazine rings is 1. The summed E-state index contributed by atoms with van der Waals surface area (Å²) in [5.74, 6) is 1.49. The van der Waals surface area contributed by atoms with Crippen LogP contribution in [0.4, 0.5) is 0 Å². The standard InChI is InChI=1S/C23H34N4O3/c1-2-24-23(25-17-19-10-16-30-21(19)18-7-4-3-5-8-18)27-13-11-26(12-14-27)22(28)20-9-6-15-29-20/h3-5,7-8,19-21H,2,6,9-17H2,1H3,(H,24,25). The monoisotopic (exact) mass is 414 g/mol. The molecule has 1 amide bonds. The smallest absolute Gasteiger partial charge is 0.251 e. The highest BCUT2D eigenvalue weighted by Gasteiger charge is 2.32. The first-order valence-corrected chi connectivity index (χ1v) is 11.4. The Hall–Kier alpha value is -2.12. The van der Waals surface area contributed by atoms with Gasteiger partial charge in [-0.1, -0.05) is 30.3 Å². The zero-order valence-electron chi connectivity index (χ0n) is 18.0. The van der Waals surface area contributed by atoms with Crippen LogP contribution in [0.15, 0.2) is 35.3 Å². The van der Waals surface area contributed by atoms with Gasteiger partial charge in [-0.3, -0.25) is 9.79 Å². The van der Waals surface area contributed by atoms with Crippen molar-refractivity contribution in [3.8, 4) is 0 Å². The van der Waals surface area contributed by atoms with Crippen LogP contribution in [0.1, 0.15) is 37.9 Å². The van der Waals surface area contributed by atoms with E-state index in [1.165, 1.54) is 5.56 Å². The van der Waals surface area contributed by atoms with Crippen LogP contribution >= 0.6 is 0 Å². The minimum atomic E-state index is -0.226. The van der Waals surface area contributed by atoms with Gasteiger partial charge in [0, 0.05) is 58.4 Å². The van der Waals surface area contributed by atoms with Crippen LogP contribution in [0.2, 0.25) is 0 Å². The predicted octanol–water partition coefficient (Wildman–Crippen LogP) is 2.05.